The van der Waals surface area contributed by atoms with Crippen molar-refractivity contribution < 1.29 is 4.79 Å². The molecule has 5 heteroatoms. The van der Waals surface area contributed by atoms with Gasteiger partial charge in [0.1, 0.15) is 0 Å². The van der Waals surface area contributed by atoms with E-state index >= 15 is 0 Å². The topological polar surface area (TPSA) is 55.1 Å². The van der Waals surface area contributed by atoms with Crippen LogP contribution < -0.4 is 11.1 Å². The summed E-state index contributed by atoms with van der Waals surface area (Å²) in [6, 6.07) is 2.04. The second kappa shape index (κ2) is 6.68. The van der Waals surface area contributed by atoms with Gasteiger partial charge >= 0.3 is 0 Å². The Morgan fingerprint density at radius 1 is 1.40 bits per heavy atom. The summed E-state index contributed by atoms with van der Waals surface area (Å²) in [5.41, 5.74) is 6.43. The number of nitrogens with one attached hydrogen (secondary N) is 1. The molecule has 1 aromatic rings. The molecule has 0 aromatic carbocycles. The zero-order valence-corrected chi connectivity index (χ0v) is 13.5. The summed E-state index contributed by atoms with van der Waals surface area (Å²) in [7, 11) is 0. The van der Waals surface area contributed by atoms with Crippen LogP contribution in [0.25, 0.3) is 0 Å². The van der Waals surface area contributed by atoms with Gasteiger partial charge in [0.05, 0.1) is 16.4 Å². The fourth-order valence-corrected chi connectivity index (χ4v) is 3.91. The van der Waals surface area contributed by atoms with E-state index in [1.54, 1.807) is 11.3 Å². The molecule has 3 N–H and O–H groups in total. The third-order valence-electron chi connectivity index (χ3n) is 4.25. The fraction of sp³-hybridized carbons (Fsp3) is 0.600. The molecule has 1 amide bonds. The van der Waals surface area contributed by atoms with Gasteiger partial charge < -0.3 is 11.1 Å². The van der Waals surface area contributed by atoms with Crippen LogP contribution in [0.2, 0.25) is 0 Å². The van der Waals surface area contributed by atoms with Crippen LogP contribution in [0.4, 0.5) is 0 Å². The van der Waals surface area contributed by atoms with Gasteiger partial charge in [0.2, 0.25) is 5.91 Å². The summed E-state index contributed by atoms with van der Waals surface area (Å²) in [5.74, 6) is 0.00519. The third kappa shape index (κ3) is 3.20. The maximum absolute atomic E-state index is 12.7. The van der Waals surface area contributed by atoms with Crippen LogP contribution in [0.3, 0.4) is 0 Å². The molecule has 0 saturated heterocycles. The maximum atomic E-state index is 12.7. The third-order valence-corrected chi connectivity index (χ3v) is 5.35. The van der Waals surface area contributed by atoms with Crippen molar-refractivity contribution in [2.75, 3.05) is 0 Å². The van der Waals surface area contributed by atoms with Crippen LogP contribution >= 0.6 is 23.6 Å². The number of carbonyl (C=O) groups excluding carboxylic acids is 1. The smallest absolute Gasteiger partial charge is 0.233 e. The standard InChI is InChI=1S/C15H22N2OS2/c1-11(12-6-9-20-10-12)17-14(18)15(13(16)19)7-4-2-3-5-8-15/h6,9-11H,2-5,7-8H2,1H3,(H2,16,19)(H,17,18). The van der Waals surface area contributed by atoms with E-state index in [4.69, 9.17) is 18.0 Å². The number of hydrogen-bond donors (Lipinski definition) is 2. The lowest BCUT2D eigenvalue weighted by Gasteiger charge is -2.31. The molecule has 1 aromatic heterocycles. The van der Waals surface area contributed by atoms with Gasteiger partial charge in [-0.3, -0.25) is 4.79 Å². The lowest BCUT2D eigenvalue weighted by atomic mass is 9.79. The summed E-state index contributed by atoms with van der Waals surface area (Å²) in [5, 5.41) is 7.18. The Morgan fingerprint density at radius 2 is 2.05 bits per heavy atom. The second-order valence-electron chi connectivity index (χ2n) is 5.61. The van der Waals surface area contributed by atoms with Crippen LogP contribution in [0.5, 0.6) is 0 Å². The number of hydrogen-bond acceptors (Lipinski definition) is 3. The van der Waals surface area contributed by atoms with E-state index in [1.165, 1.54) is 0 Å². The first kappa shape index (κ1) is 15.4. The van der Waals surface area contributed by atoms with E-state index in [2.05, 4.69) is 10.7 Å². The number of nitrogens with two attached hydrogens (primary N) is 1. The molecular formula is C15H22N2OS2. The highest BCUT2D eigenvalue weighted by Crippen LogP contribution is 2.36. The summed E-state index contributed by atoms with van der Waals surface area (Å²) in [6.07, 6.45) is 5.94. The van der Waals surface area contributed by atoms with Crippen molar-refractivity contribution in [3.8, 4) is 0 Å². The van der Waals surface area contributed by atoms with Crippen molar-refractivity contribution in [3.05, 3.63) is 22.4 Å². The summed E-state index contributed by atoms with van der Waals surface area (Å²) in [6.45, 7) is 2.00. The molecule has 0 spiro atoms. The highest BCUT2D eigenvalue weighted by atomic mass is 32.1. The molecule has 1 heterocycles. The van der Waals surface area contributed by atoms with E-state index in [9.17, 15) is 4.79 Å². The fourth-order valence-electron chi connectivity index (χ4n) is 2.86. The quantitative estimate of drug-likeness (QED) is 0.660. The van der Waals surface area contributed by atoms with Crippen molar-refractivity contribution in [1.82, 2.24) is 5.32 Å². The predicted octanol–water partition coefficient (Wildman–Crippen LogP) is 3.55. The lowest BCUT2D eigenvalue weighted by molar-refractivity contribution is -0.128. The first-order chi connectivity index (χ1) is 9.56. The molecule has 0 aliphatic heterocycles. The first-order valence-corrected chi connectivity index (χ1v) is 8.54. The number of thiophene rings is 1. The Bertz CT molecular complexity index is 462. The second-order valence-corrected chi connectivity index (χ2v) is 6.83. The minimum absolute atomic E-state index is 0.00299. The van der Waals surface area contributed by atoms with Crippen molar-refractivity contribution >= 4 is 34.5 Å². The van der Waals surface area contributed by atoms with Crippen molar-refractivity contribution in [3.63, 3.8) is 0 Å². The lowest BCUT2D eigenvalue weighted by Crippen LogP contribution is -2.49. The molecule has 0 bridgehead atoms. The van der Waals surface area contributed by atoms with Crippen LogP contribution in [0.15, 0.2) is 16.8 Å². The average Bonchev–Trinajstić information content (AvgIpc) is 2.82. The molecule has 2 rings (SSSR count). The number of amides is 1. The molecule has 3 nitrogen and oxygen atoms in total. The van der Waals surface area contributed by atoms with Crippen LogP contribution in [0.1, 0.15) is 57.1 Å². The number of rotatable bonds is 4. The van der Waals surface area contributed by atoms with E-state index in [-0.39, 0.29) is 11.9 Å². The van der Waals surface area contributed by atoms with Gasteiger partial charge in [0.25, 0.3) is 0 Å². The molecule has 1 aliphatic rings. The zero-order chi connectivity index (χ0) is 14.6. The SMILES string of the molecule is CC(NC(=O)C1(C(N)=S)CCCCCC1)c1ccsc1. The van der Waals surface area contributed by atoms with Crippen LogP contribution in [-0.4, -0.2) is 10.9 Å². The molecule has 0 radical (unpaired) electrons. The Labute approximate surface area is 129 Å². The number of thiocarbonyl (C=S) groups is 1. The van der Waals surface area contributed by atoms with E-state index in [1.807, 2.05) is 18.4 Å². The van der Waals surface area contributed by atoms with Crippen LogP contribution in [0, 0.1) is 5.41 Å². The van der Waals surface area contributed by atoms with E-state index < -0.39 is 5.41 Å². The zero-order valence-electron chi connectivity index (χ0n) is 11.9. The van der Waals surface area contributed by atoms with Crippen molar-refractivity contribution in [1.29, 1.82) is 0 Å². The van der Waals surface area contributed by atoms with Crippen LogP contribution in [-0.2, 0) is 4.79 Å². The Kier molecular flexibility index (Phi) is 5.16. The van der Waals surface area contributed by atoms with Gasteiger partial charge in [-0.1, -0.05) is 37.9 Å². The van der Waals surface area contributed by atoms with Gasteiger partial charge in [-0.15, -0.1) is 0 Å². The average molecular weight is 310 g/mol. The molecule has 1 saturated carbocycles. The molecule has 1 atom stereocenters. The molecule has 20 heavy (non-hydrogen) atoms. The highest BCUT2D eigenvalue weighted by molar-refractivity contribution is 7.80. The molecule has 1 aliphatic carbocycles. The van der Waals surface area contributed by atoms with Gasteiger partial charge in [0, 0.05) is 0 Å². The van der Waals surface area contributed by atoms with Crippen molar-refractivity contribution in [2.45, 2.75) is 51.5 Å². The number of carbonyl (C=O) groups is 1. The minimum Gasteiger partial charge on any atom is -0.392 e. The molecule has 110 valence electrons. The predicted molar refractivity (Wildman–Crippen MR) is 87.8 cm³/mol. The molecular weight excluding hydrogens is 288 g/mol. The summed E-state index contributed by atoms with van der Waals surface area (Å²) >= 11 is 6.87. The van der Waals surface area contributed by atoms with Gasteiger partial charge in [-0.2, -0.15) is 11.3 Å². The monoisotopic (exact) mass is 310 g/mol. The highest BCUT2D eigenvalue weighted by Gasteiger charge is 2.41. The minimum atomic E-state index is -0.643. The van der Waals surface area contributed by atoms with Crippen molar-refractivity contribution in [2.24, 2.45) is 11.1 Å². The maximum Gasteiger partial charge on any atom is 0.233 e. The molecule has 1 fully saturated rings. The summed E-state index contributed by atoms with van der Waals surface area (Å²) < 4.78 is 0. The normalized spacial score (nSPS) is 19.9. The largest absolute Gasteiger partial charge is 0.392 e. The first-order valence-electron chi connectivity index (χ1n) is 7.19. The van der Waals surface area contributed by atoms with Gasteiger partial charge in [0.15, 0.2) is 0 Å². The Hall–Kier alpha value is -0.940. The Balaban J connectivity index is 2.12. The molecule has 1 unspecified atom stereocenters. The van der Waals surface area contributed by atoms with Gasteiger partial charge in [-0.25, -0.2) is 0 Å². The van der Waals surface area contributed by atoms with Gasteiger partial charge in [-0.05, 0) is 42.2 Å². The summed E-state index contributed by atoms with van der Waals surface area (Å²) in [4.78, 5) is 13.1. The van der Waals surface area contributed by atoms with E-state index in [0.717, 1.165) is 44.1 Å². The van der Waals surface area contributed by atoms with E-state index in [0.29, 0.717) is 4.99 Å². The Morgan fingerprint density at radius 3 is 2.55 bits per heavy atom.